The molecule has 0 aromatic heterocycles. The molecule has 0 rings (SSSR count). The van der Waals surface area contributed by atoms with Crippen molar-refractivity contribution in [3.05, 3.63) is 0 Å². The van der Waals surface area contributed by atoms with E-state index >= 15 is 0 Å². The first-order valence-corrected chi connectivity index (χ1v) is 5.27. The van der Waals surface area contributed by atoms with Crippen LogP contribution in [0.15, 0.2) is 0 Å². The zero-order chi connectivity index (χ0) is 12.1. The third kappa shape index (κ3) is 24.6. The van der Waals surface area contributed by atoms with E-state index < -0.39 is 0 Å². The highest BCUT2D eigenvalue weighted by molar-refractivity contribution is 5.73. The first kappa shape index (κ1) is 16.3. The predicted octanol–water partition coefficient (Wildman–Crippen LogP) is 0.133. The summed E-state index contributed by atoms with van der Waals surface area (Å²) in [6, 6.07) is 0. The molecular weight excluding hydrogens is 194 g/mol. The molecule has 0 saturated carbocycles. The van der Waals surface area contributed by atoms with Crippen molar-refractivity contribution in [2.24, 2.45) is 11.5 Å². The zero-order valence-electron chi connectivity index (χ0n) is 9.71. The average molecular weight is 217 g/mol. The second-order valence-electron chi connectivity index (χ2n) is 3.17. The summed E-state index contributed by atoms with van der Waals surface area (Å²) in [6.07, 6.45) is 3.10. The van der Waals surface area contributed by atoms with Gasteiger partial charge in [0.25, 0.3) is 0 Å². The Balaban J connectivity index is 0. The zero-order valence-corrected chi connectivity index (χ0v) is 9.71. The number of nitrogens with one attached hydrogen (secondary N) is 1. The van der Waals surface area contributed by atoms with E-state index in [1.54, 1.807) is 0 Å². The first-order valence-electron chi connectivity index (χ1n) is 5.27. The van der Waals surface area contributed by atoms with Crippen LogP contribution in [0.2, 0.25) is 0 Å². The largest absolute Gasteiger partial charge is 0.370 e. The molecule has 0 spiro atoms. The SMILES string of the molecule is CC(=O)NCCCCCC(N)=O.CCN. The molecule has 0 fully saturated rings. The quantitative estimate of drug-likeness (QED) is 0.552. The van der Waals surface area contributed by atoms with Crippen LogP contribution in [0.4, 0.5) is 0 Å². The molecular formula is C10H23N3O2. The number of nitrogens with two attached hydrogens (primary N) is 2. The minimum atomic E-state index is -0.255. The summed E-state index contributed by atoms with van der Waals surface area (Å²) in [5.41, 5.74) is 9.79. The fourth-order valence-corrected chi connectivity index (χ4v) is 0.865. The molecule has 0 saturated heterocycles. The maximum absolute atomic E-state index is 10.4. The minimum absolute atomic E-state index is 0.00935. The molecule has 0 aliphatic heterocycles. The molecule has 0 unspecified atom stereocenters. The Morgan fingerprint density at radius 1 is 1.20 bits per heavy atom. The van der Waals surface area contributed by atoms with Crippen molar-refractivity contribution >= 4 is 11.8 Å². The molecule has 5 heteroatoms. The van der Waals surface area contributed by atoms with Gasteiger partial charge in [0.05, 0.1) is 0 Å². The number of carbonyl (C=O) groups excluding carboxylic acids is 2. The maximum Gasteiger partial charge on any atom is 0.217 e. The number of carbonyl (C=O) groups is 2. The molecule has 0 radical (unpaired) electrons. The monoisotopic (exact) mass is 217 g/mol. The predicted molar refractivity (Wildman–Crippen MR) is 61.1 cm³/mol. The van der Waals surface area contributed by atoms with Crippen LogP contribution in [0.25, 0.3) is 0 Å². The van der Waals surface area contributed by atoms with Crippen molar-refractivity contribution < 1.29 is 9.59 Å². The van der Waals surface area contributed by atoms with Crippen LogP contribution in [0.3, 0.4) is 0 Å². The summed E-state index contributed by atoms with van der Waals surface area (Å²) in [7, 11) is 0. The van der Waals surface area contributed by atoms with Crippen LogP contribution in [0.5, 0.6) is 0 Å². The second-order valence-corrected chi connectivity index (χ2v) is 3.17. The fourth-order valence-electron chi connectivity index (χ4n) is 0.865. The minimum Gasteiger partial charge on any atom is -0.370 e. The molecule has 0 bridgehead atoms. The number of unbranched alkanes of at least 4 members (excludes halogenated alkanes) is 2. The van der Waals surface area contributed by atoms with Gasteiger partial charge in [-0.3, -0.25) is 9.59 Å². The first-order chi connectivity index (χ1) is 7.04. The van der Waals surface area contributed by atoms with E-state index in [1.807, 2.05) is 6.92 Å². The Hall–Kier alpha value is -1.10. The smallest absolute Gasteiger partial charge is 0.217 e. The lowest BCUT2D eigenvalue weighted by Gasteiger charge is -2.00. The van der Waals surface area contributed by atoms with Gasteiger partial charge < -0.3 is 16.8 Å². The third-order valence-electron chi connectivity index (χ3n) is 1.47. The summed E-state index contributed by atoms with van der Waals surface area (Å²) in [5, 5.41) is 2.68. The maximum atomic E-state index is 10.4. The molecule has 2 amide bonds. The lowest BCUT2D eigenvalue weighted by molar-refractivity contribution is -0.119. The van der Waals surface area contributed by atoms with Crippen LogP contribution in [-0.4, -0.2) is 24.9 Å². The molecule has 0 aromatic carbocycles. The Kier molecular flexibility index (Phi) is 14.0. The van der Waals surface area contributed by atoms with E-state index in [-0.39, 0.29) is 11.8 Å². The van der Waals surface area contributed by atoms with Crippen LogP contribution >= 0.6 is 0 Å². The van der Waals surface area contributed by atoms with Gasteiger partial charge in [-0.05, 0) is 19.4 Å². The number of primary amides is 1. The number of hydrogen-bond acceptors (Lipinski definition) is 3. The van der Waals surface area contributed by atoms with Crippen molar-refractivity contribution in [2.45, 2.75) is 39.5 Å². The molecule has 5 N–H and O–H groups in total. The molecule has 0 heterocycles. The Morgan fingerprint density at radius 3 is 2.13 bits per heavy atom. The van der Waals surface area contributed by atoms with E-state index in [4.69, 9.17) is 11.5 Å². The summed E-state index contributed by atoms with van der Waals surface area (Å²) >= 11 is 0. The highest BCUT2D eigenvalue weighted by Gasteiger charge is 1.94. The second kappa shape index (κ2) is 12.9. The normalized spacial score (nSPS) is 8.73. The highest BCUT2D eigenvalue weighted by atomic mass is 16.1. The van der Waals surface area contributed by atoms with Crippen LogP contribution < -0.4 is 16.8 Å². The Morgan fingerprint density at radius 2 is 1.73 bits per heavy atom. The van der Waals surface area contributed by atoms with Crippen molar-refractivity contribution in [1.82, 2.24) is 5.32 Å². The van der Waals surface area contributed by atoms with Crippen molar-refractivity contribution in [2.75, 3.05) is 13.1 Å². The van der Waals surface area contributed by atoms with Gasteiger partial charge in [-0.2, -0.15) is 0 Å². The van der Waals surface area contributed by atoms with E-state index in [2.05, 4.69) is 5.32 Å². The van der Waals surface area contributed by atoms with Gasteiger partial charge in [-0.15, -0.1) is 0 Å². The summed E-state index contributed by atoms with van der Waals surface area (Å²) in [4.78, 5) is 20.7. The summed E-state index contributed by atoms with van der Waals surface area (Å²) < 4.78 is 0. The third-order valence-corrected chi connectivity index (χ3v) is 1.47. The fraction of sp³-hybridized carbons (Fsp3) is 0.800. The Bertz CT molecular complexity index is 154. The number of amides is 2. The van der Waals surface area contributed by atoms with Gasteiger partial charge in [0.15, 0.2) is 0 Å². The molecule has 5 nitrogen and oxygen atoms in total. The van der Waals surface area contributed by atoms with E-state index in [0.29, 0.717) is 13.0 Å². The van der Waals surface area contributed by atoms with Gasteiger partial charge in [0.2, 0.25) is 11.8 Å². The van der Waals surface area contributed by atoms with Crippen LogP contribution in [-0.2, 0) is 9.59 Å². The lowest BCUT2D eigenvalue weighted by atomic mass is 10.2. The summed E-state index contributed by atoms with van der Waals surface area (Å²) in [6.45, 7) is 4.83. The van der Waals surface area contributed by atoms with E-state index in [9.17, 15) is 9.59 Å². The molecule has 90 valence electrons. The van der Waals surface area contributed by atoms with Gasteiger partial charge in [-0.1, -0.05) is 13.3 Å². The van der Waals surface area contributed by atoms with Gasteiger partial charge >= 0.3 is 0 Å². The van der Waals surface area contributed by atoms with Gasteiger partial charge in [0.1, 0.15) is 0 Å². The van der Waals surface area contributed by atoms with Gasteiger partial charge in [0, 0.05) is 19.9 Å². The van der Waals surface area contributed by atoms with E-state index in [0.717, 1.165) is 25.8 Å². The average Bonchev–Trinajstić information content (AvgIpc) is 2.11. The van der Waals surface area contributed by atoms with Gasteiger partial charge in [-0.25, -0.2) is 0 Å². The highest BCUT2D eigenvalue weighted by Crippen LogP contribution is 1.97. The van der Waals surface area contributed by atoms with E-state index in [1.165, 1.54) is 6.92 Å². The number of rotatable bonds is 6. The van der Waals surface area contributed by atoms with Crippen molar-refractivity contribution in [1.29, 1.82) is 0 Å². The molecule has 15 heavy (non-hydrogen) atoms. The molecule has 0 atom stereocenters. The molecule has 0 aliphatic rings. The van der Waals surface area contributed by atoms with Crippen LogP contribution in [0.1, 0.15) is 39.5 Å². The molecule has 0 aromatic rings. The standard InChI is InChI=1S/C8H16N2O2.C2H7N/c1-7(11)10-6-4-2-3-5-8(9)12;1-2-3/h2-6H2,1H3,(H2,9,12)(H,10,11);2-3H2,1H3. The number of hydrogen-bond donors (Lipinski definition) is 3. The molecule has 0 aliphatic carbocycles. The van der Waals surface area contributed by atoms with Crippen LogP contribution in [0, 0.1) is 0 Å². The lowest BCUT2D eigenvalue weighted by Crippen LogP contribution is -2.20. The Labute approximate surface area is 91.6 Å². The van der Waals surface area contributed by atoms with Crippen molar-refractivity contribution in [3.63, 3.8) is 0 Å². The summed E-state index contributed by atoms with van der Waals surface area (Å²) in [5.74, 6) is -0.264. The van der Waals surface area contributed by atoms with Crippen molar-refractivity contribution in [3.8, 4) is 0 Å². The topological polar surface area (TPSA) is 98.2 Å².